The van der Waals surface area contributed by atoms with Gasteiger partial charge in [-0.2, -0.15) is 10.4 Å². The molecule has 23 heavy (non-hydrogen) atoms. The lowest BCUT2D eigenvalue weighted by Crippen LogP contribution is -2.24. The number of halogens is 2. The Kier molecular flexibility index (Phi) is 5.83. The summed E-state index contributed by atoms with van der Waals surface area (Å²) in [6, 6.07) is 12.9. The molecule has 2 aromatic rings. The van der Waals surface area contributed by atoms with Crippen molar-refractivity contribution in [2.24, 2.45) is 5.10 Å². The quantitative estimate of drug-likeness (QED) is 0.644. The number of amides is 1. The minimum atomic E-state index is -0.524. The van der Waals surface area contributed by atoms with Gasteiger partial charge in [0.1, 0.15) is 17.6 Å². The molecule has 2 aromatic carbocycles. The maximum Gasteiger partial charge on any atom is 0.277 e. The van der Waals surface area contributed by atoms with Gasteiger partial charge in [0, 0.05) is 10.0 Å². The van der Waals surface area contributed by atoms with Crippen LogP contribution in [-0.4, -0.2) is 18.7 Å². The molecule has 0 bridgehead atoms. The number of nitrogens with zero attached hydrogens (tertiary/aromatic N) is 2. The van der Waals surface area contributed by atoms with Crippen LogP contribution in [0.3, 0.4) is 0 Å². The minimum absolute atomic E-state index is 0.232. The number of nitriles is 1. The fraction of sp³-hybridized carbons (Fsp3) is 0.0625. The van der Waals surface area contributed by atoms with E-state index in [1.807, 2.05) is 6.07 Å². The standard InChI is InChI=1S/C16H11BrFN3O2/c17-13-5-6-14(18)12(7-13)9-20-21-16(22)10-23-15-4-2-1-3-11(15)8-19/h1-7,9H,10H2,(H,21,22)/b20-9-. The highest BCUT2D eigenvalue weighted by Crippen LogP contribution is 2.16. The van der Waals surface area contributed by atoms with E-state index in [4.69, 9.17) is 10.00 Å². The van der Waals surface area contributed by atoms with Gasteiger partial charge in [-0.15, -0.1) is 0 Å². The van der Waals surface area contributed by atoms with Gasteiger partial charge < -0.3 is 4.74 Å². The topological polar surface area (TPSA) is 74.5 Å². The molecular weight excluding hydrogens is 365 g/mol. The average molecular weight is 376 g/mol. The molecule has 1 amide bonds. The molecule has 0 saturated heterocycles. The summed E-state index contributed by atoms with van der Waals surface area (Å²) in [5, 5.41) is 12.6. The predicted octanol–water partition coefficient (Wildman–Crippen LogP) is 2.99. The van der Waals surface area contributed by atoms with Crippen molar-refractivity contribution in [3.05, 3.63) is 63.9 Å². The van der Waals surface area contributed by atoms with Gasteiger partial charge in [0.05, 0.1) is 11.8 Å². The van der Waals surface area contributed by atoms with Crippen molar-refractivity contribution in [3.8, 4) is 11.8 Å². The Morgan fingerprint density at radius 3 is 2.96 bits per heavy atom. The van der Waals surface area contributed by atoms with E-state index >= 15 is 0 Å². The molecule has 7 heteroatoms. The Bertz CT molecular complexity index is 787. The van der Waals surface area contributed by atoms with Gasteiger partial charge in [-0.1, -0.05) is 28.1 Å². The zero-order chi connectivity index (χ0) is 16.7. The molecule has 5 nitrogen and oxygen atoms in total. The molecule has 0 radical (unpaired) electrons. The summed E-state index contributed by atoms with van der Waals surface area (Å²) in [6.45, 7) is -0.309. The van der Waals surface area contributed by atoms with Gasteiger partial charge in [0.25, 0.3) is 5.91 Å². The molecule has 0 unspecified atom stereocenters. The number of para-hydroxylation sites is 1. The lowest BCUT2D eigenvalue weighted by Gasteiger charge is -2.06. The Labute approximate surface area is 140 Å². The van der Waals surface area contributed by atoms with Crippen LogP contribution in [0, 0.1) is 17.1 Å². The molecule has 0 aliphatic carbocycles. The van der Waals surface area contributed by atoms with Crippen molar-refractivity contribution in [3.63, 3.8) is 0 Å². The normalized spacial score (nSPS) is 10.3. The first-order valence-electron chi connectivity index (χ1n) is 6.49. The number of rotatable bonds is 5. The lowest BCUT2D eigenvalue weighted by atomic mass is 10.2. The Balaban J connectivity index is 1.89. The Morgan fingerprint density at radius 2 is 2.17 bits per heavy atom. The molecule has 0 aromatic heterocycles. The number of hydrogen-bond donors (Lipinski definition) is 1. The van der Waals surface area contributed by atoms with Crippen molar-refractivity contribution in [2.45, 2.75) is 0 Å². The number of ether oxygens (including phenoxy) is 1. The van der Waals surface area contributed by atoms with Crippen molar-refractivity contribution in [2.75, 3.05) is 6.61 Å². The third-order valence-corrected chi connectivity index (χ3v) is 3.21. The zero-order valence-corrected chi connectivity index (χ0v) is 13.4. The van der Waals surface area contributed by atoms with Gasteiger partial charge in [0.15, 0.2) is 6.61 Å². The smallest absolute Gasteiger partial charge is 0.277 e. The minimum Gasteiger partial charge on any atom is -0.482 e. The fourth-order valence-corrected chi connectivity index (χ4v) is 2.03. The molecule has 0 saturated carbocycles. The van der Waals surface area contributed by atoms with Gasteiger partial charge in [-0.05, 0) is 30.3 Å². The lowest BCUT2D eigenvalue weighted by molar-refractivity contribution is -0.123. The predicted molar refractivity (Wildman–Crippen MR) is 86.5 cm³/mol. The van der Waals surface area contributed by atoms with Crippen LogP contribution in [0.2, 0.25) is 0 Å². The molecule has 2 rings (SSSR count). The Hall–Kier alpha value is -2.72. The van der Waals surface area contributed by atoms with E-state index in [-0.39, 0.29) is 12.2 Å². The third kappa shape index (κ3) is 4.90. The number of benzene rings is 2. The van der Waals surface area contributed by atoms with E-state index in [1.165, 1.54) is 18.3 Å². The number of carbonyl (C=O) groups excluding carboxylic acids is 1. The van der Waals surface area contributed by atoms with E-state index in [0.717, 1.165) is 0 Å². The summed E-state index contributed by atoms with van der Waals surface area (Å²) < 4.78 is 19.4. The maximum absolute atomic E-state index is 13.5. The molecule has 0 heterocycles. The molecule has 0 aliphatic heterocycles. The summed E-state index contributed by atoms with van der Waals surface area (Å²) in [5.74, 6) is -0.665. The van der Waals surface area contributed by atoms with Crippen LogP contribution in [0.1, 0.15) is 11.1 Å². The van der Waals surface area contributed by atoms with Crippen LogP contribution >= 0.6 is 15.9 Å². The fourth-order valence-electron chi connectivity index (χ4n) is 1.65. The summed E-state index contributed by atoms with van der Waals surface area (Å²) in [6.07, 6.45) is 1.20. The number of hydrogen-bond acceptors (Lipinski definition) is 4. The van der Waals surface area contributed by atoms with Crippen LogP contribution in [0.15, 0.2) is 52.0 Å². The highest BCUT2D eigenvalue weighted by atomic mass is 79.9. The molecule has 0 fully saturated rings. The second-order valence-corrected chi connectivity index (χ2v) is 5.27. The summed E-state index contributed by atoms with van der Waals surface area (Å²) in [4.78, 5) is 11.6. The summed E-state index contributed by atoms with van der Waals surface area (Å²) in [7, 11) is 0. The van der Waals surface area contributed by atoms with E-state index in [2.05, 4.69) is 26.5 Å². The monoisotopic (exact) mass is 375 g/mol. The number of nitrogens with one attached hydrogen (secondary N) is 1. The van der Waals surface area contributed by atoms with Gasteiger partial charge >= 0.3 is 0 Å². The molecule has 0 atom stereocenters. The van der Waals surface area contributed by atoms with Crippen molar-refractivity contribution in [1.82, 2.24) is 5.43 Å². The zero-order valence-electron chi connectivity index (χ0n) is 11.8. The maximum atomic E-state index is 13.5. The van der Waals surface area contributed by atoms with Gasteiger partial charge in [0.2, 0.25) is 0 Å². The molecule has 116 valence electrons. The first-order valence-corrected chi connectivity index (χ1v) is 7.28. The third-order valence-electron chi connectivity index (χ3n) is 2.72. The van der Waals surface area contributed by atoms with Crippen molar-refractivity contribution < 1.29 is 13.9 Å². The highest BCUT2D eigenvalue weighted by molar-refractivity contribution is 9.10. The van der Waals surface area contributed by atoms with E-state index in [9.17, 15) is 9.18 Å². The second kappa shape index (κ2) is 8.06. The van der Waals surface area contributed by atoms with Crippen molar-refractivity contribution >= 4 is 28.1 Å². The molecule has 0 aliphatic rings. The van der Waals surface area contributed by atoms with Crippen molar-refractivity contribution in [1.29, 1.82) is 5.26 Å². The van der Waals surface area contributed by atoms with E-state index in [1.54, 1.807) is 30.3 Å². The first-order chi connectivity index (χ1) is 11.1. The largest absolute Gasteiger partial charge is 0.482 e. The second-order valence-electron chi connectivity index (χ2n) is 4.36. The highest BCUT2D eigenvalue weighted by Gasteiger charge is 2.05. The number of hydrazone groups is 1. The first kappa shape index (κ1) is 16.6. The van der Waals surface area contributed by atoms with Gasteiger partial charge in [-0.3, -0.25) is 4.79 Å². The summed E-state index contributed by atoms with van der Waals surface area (Å²) >= 11 is 3.22. The van der Waals surface area contributed by atoms with Crippen LogP contribution in [0.25, 0.3) is 0 Å². The summed E-state index contributed by atoms with van der Waals surface area (Å²) in [5.41, 5.74) is 2.79. The Morgan fingerprint density at radius 1 is 1.39 bits per heavy atom. The van der Waals surface area contributed by atoms with Crippen LogP contribution in [0.5, 0.6) is 5.75 Å². The molecule has 0 spiro atoms. The van der Waals surface area contributed by atoms with E-state index < -0.39 is 11.7 Å². The SMILES string of the molecule is N#Cc1ccccc1OCC(=O)N/N=C\c1cc(Br)ccc1F. The van der Waals surface area contributed by atoms with Crippen LogP contribution in [-0.2, 0) is 4.79 Å². The van der Waals surface area contributed by atoms with Gasteiger partial charge in [-0.25, -0.2) is 9.82 Å². The molecule has 1 N–H and O–H groups in total. The van der Waals surface area contributed by atoms with Crippen LogP contribution in [0.4, 0.5) is 4.39 Å². The average Bonchev–Trinajstić information content (AvgIpc) is 2.56. The number of carbonyl (C=O) groups is 1. The van der Waals surface area contributed by atoms with Crippen LogP contribution < -0.4 is 10.2 Å². The van der Waals surface area contributed by atoms with E-state index in [0.29, 0.717) is 15.8 Å². The molecular formula is C16H11BrFN3O2.